The molecule has 1 atom stereocenters. The van der Waals surface area contributed by atoms with Crippen molar-refractivity contribution < 1.29 is 33.6 Å². The van der Waals surface area contributed by atoms with Crippen LogP contribution in [0.5, 0.6) is 23.0 Å². The average molecular weight is 545 g/mol. The Kier molecular flexibility index (Phi) is 6.32. The predicted octanol–water partition coefficient (Wildman–Crippen LogP) is 5.10. The fourth-order valence-electron chi connectivity index (χ4n) is 4.76. The molecule has 1 aromatic heterocycles. The molecule has 0 unspecified atom stereocenters. The predicted molar refractivity (Wildman–Crippen MR) is 146 cm³/mol. The van der Waals surface area contributed by atoms with Gasteiger partial charge in [-0.3, -0.25) is 14.5 Å². The van der Waals surface area contributed by atoms with Crippen molar-refractivity contribution in [3.63, 3.8) is 0 Å². The van der Waals surface area contributed by atoms with Crippen LogP contribution in [0.2, 0.25) is 0 Å². The van der Waals surface area contributed by atoms with E-state index in [0.717, 1.165) is 4.70 Å². The Balaban J connectivity index is 1.53. The summed E-state index contributed by atoms with van der Waals surface area (Å²) in [7, 11) is 1.57. The van der Waals surface area contributed by atoms with Crippen molar-refractivity contribution in [2.75, 3.05) is 31.8 Å². The zero-order valence-corrected chi connectivity index (χ0v) is 22.0. The second kappa shape index (κ2) is 9.95. The number of benzene rings is 3. The molecule has 4 aromatic rings. The number of amides is 1. The van der Waals surface area contributed by atoms with Gasteiger partial charge in [0, 0.05) is 5.56 Å². The zero-order chi connectivity index (χ0) is 27.1. The van der Waals surface area contributed by atoms with E-state index in [9.17, 15) is 14.7 Å². The molecule has 1 amide bonds. The summed E-state index contributed by atoms with van der Waals surface area (Å²) in [4.78, 5) is 33.1. The molecule has 1 N–H and O–H groups in total. The molecular weight excluding hydrogens is 520 g/mol. The van der Waals surface area contributed by atoms with E-state index in [1.54, 1.807) is 61.7 Å². The van der Waals surface area contributed by atoms with Crippen LogP contribution in [-0.2, 0) is 9.59 Å². The fourth-order valence-corrected chi connectivity index (χ4v) is 5.78. The van der Waals surface area contributed by atoms with Crippen molar-refractivity contribution in [3.8, 4) is 23.0 Å². The second-order valence-electron chi connectivity index (χ2n) is 8.86. The highest BCUT2D eigenvalue weighted by Crippen LogP contribution is 2.45. The van der Waals surface area contributed by atoms with Crippen LogP contribution in [0, 0.1) is 0 Å². The maximum absolute atomic E-state index is 13.6. The number of fused-ring (bicyclic) bond motifs is 2. The van der Waals surface area contributed by atoms with Gasteiger partial charge in [-0.25, -0.2) is 4.98 Å². The topological polar surface area (TPSA) is 107 Å². The maximum atomic E-state index is 13.6. The average Bonchev–Trinajstić information content (AvgIpc) is 3.50. The van der Waals surface area contributed by atoms with Gasteiger partial charge in [0.05, 0.1) is 35.5 Å². The molecule has 0 radical (unpaired) electrons. The van der Waals surface area contributed by atoms with Crippen molar-refractivity contribution in [1.29, 1.82) is 0 Å². The van der Waals surface area contributed by atoms with Gasteiger partial charge in [-0.15, -0.1) is 0 Å². The highest BCUT2D eigenvalue weighted by atomic mass is 32.1. The van der Waals surface area contributed by atoms with Crippen LogP contribution < -0.4 is 23.8 Å². The van der Waals surface area contributed by atoms with Gasteiger partial charge in [0.1, 0.15) is 30.5 Å². The molecule has 0 saturated carbocycles. The first kappa shape index (κ1) is 24.7. The van der Waals surface area contributed by atoms with Crippen LogP contribution in [0.15, 0.2) is 66.2 Å². The van der Waals surface area contributed by atoms with E-state index in [-0.39, 0.29) is 11.3 Å². The van der Waals surface area contributed by atoms with Gasteiger partial charge in [-0.2, -0.15) is 0 Å². The molecule has 6 rings (SSSR count). The number of thiazole rings is 1. The van der Waals surface area contributed by atoms with Gasteiger partial charge in [0.15, 0.2) is 16.6 Å². The lowest BCUT2D eigenvalue weighted by Gasteiger charge is -2.23. The van der Waals surface area contributed by atoms with Crippen LogP contribution in [0.3, 0.4) is 0 Å². The Morgan fingerprint density at radius 1 is 1.05 bits per heavy atom. The summed E-state index contributed by atoms with van der Waals surface area (Å²) in [5, 5.41) is 11.8. The summed E-state index contributed by atoms with van der Waals surface area (Å²) in [6.45, 7) is 3.11. The normalized spacial score (nSPS) is 18.0. The minimum Gasteiger partial charge on any atom is -0.507 e. The van der Waals surface area contributed by atoms with E-state index in [0.29, 0.717) is 64.6 Å². The summed E-state index contributed by atoms with van der Waals surface area (Å²) in [5.74, 6) is 0.312. The molecule has 3 aromatic carbocycles. The SMILES string of the molecule is CCOc1cccc([C@H]2/C(=C(\O)c3ccc4c(c3)OCCO4)C(=O)C(=O)N2c2nc3ccc(OC)cc3s2)c1. The molecule has 1 saturated heterocycles. The smallest absolute Gasteiger partial charge is 0.301 e. The van der Waals surface area contributed by atoms with Crippen molar-refractivity contribution >= 4 is 44.1 Å². The number of carbonyl (C=O) groups excluding carboxylic acids is 2. The molecule has 198 valence electrons. The molecule has 1 fully saturated rings. The van der Waals surface area contributed by atoms with Crippen LogP contribution in [-0.4, -0.2) is 48.7 Å². The lowest BCUT2D eigenvalue weighted by Crippen LogP contribution is -2.29. The quantitative estimate of drug-likeness (QED) is 0.203. The molecule has 2 aliphatic heterocycles. The maximum Gasteiger partial charge on any atom is 0.301 e. The number of hydrogen-bond donors (Lipinski definition) is 1. The Bertz CT molecular complexity index is 1640. The van der Waals surface area contributed by atoms with Gasteiger partial charge in [0.2, 0.25) is 0 Å². The molecule has 0 bridgehead atoms. The molecule has 0 spiro atoms. The lowest BCUT2D eigenvalue weighted by atomic mass is 9.95. The summed E-state index contributed by atoms with van der Waals surface area (Å²) in [5.41, 5.74) is 1.53. The van der Waals surface area contributed by atoms with Gasteiger partial charge >= 0.3 is 5.91 Å². The monoisotopic (exact) mass is 544 g/mol. The van der Waals surface area contributed by atoms with E-state index in [1.165, 1.54) is 16.2 Å². The molecule has 9 nitrogen and oxygen atoms in total. The molecular formula is C29H24N2O7S. The molecule has 2 aliphatic rings. The van der Waals surface area contributed by atoms with Gasteiger partial charge in [-0.1, -0.05) is 23.5 Å². The van der Waals surface area contributed by atoms with Gasteiger partial charge in [0.25, 0.3) is 5.78 Å². The highest BCUT2D eigenvalue weighted by Gasteiger charge is 2.48. The third-order valence-electron chi connectivity index (χ3n) is 6.54. The Morgan fingerprint density at radius 2 is 1.87 bits per heavy atom. The number of hydrogen-bond acceptors (Lipinski definition) is 9. The van der Waals surface area contributed by atoms with E-state index in [2.05, 4.69) is 4.98 Å². The number of ketones is 1. The number of ether oxygens (including phenoxy) is 4. The summed E-state index contributed by atoms with van der Waals surface area (Å²) in [6.07, 6.45) is 0. The first-order valence-electron chi connectivity index (χ1n) is 12.4. The number of carbonyl (C=O) groups is 2. The van der Waals surface area contributed by atoms with E-state index in [1.807, 2.05) is 13.0 Å². The Labute approximate surface area is 227 Å². The number of anilines is 1. The minimum absolute atomic E-state index is 0.0536. The second-order valence-corrected chi connectivity index (χ2v) is 9.87. The van der Waals surface area contributed by atoms with Crippen molar-refractivity contribution in [1.82, 2.24) is 4.98 Å². The van der Waals surface area contributed by atoms with Crippen LogP contribution in [0.1, 0.15) is 24.1 Å². The Morgan fingerprint density at radius 3 is 2.67 bits per heavy atom. The van der Waals surface area contributed by atoms with Crippen molar-refractivity contribution in [2.45, 2.75) is 13.0 Å². The van der Waals surface area contributed by atoms with E-state index in [4.69, 9.17) is 18.9 Å². The number of aliphatic hydroxyl groups excluding tert-OH is 1. The van der Waals surface area contributed by atoms with Crippen LogP contribution in [0.25, 0.3) is 16.0 Å². The van der Waals surface area contributed by atoms with Gasteiger partial charge in [-0.05, 0) is 61.0 Å². The molecule has 0 aliphatic carbocycles. The largest absolute Gasteiger partial charge is 0.507 e. The van der Waals surface area contributed by atoms with Crippen LogP contribution in [0.4, 0.5) is 5.13 Å². The fraction of sp³-hybridized carbons (Fsp3) is 0.207. The minimum atomic E-state index is -0.943. The Hall–Kier alpha value is -4.57. The summed E-state index contributed by atoms with van der Waals surface area (Å²) in [6, 6.07) is 16.5. The number of Topliss-reactive ketones (excluding diaryl/α,β-unsaturated/α-hetero) is 1. The van der Waals surface area contributed by atoms with Gasteiger partial charge < -0.3 is 24.1 Å². The van der Waals surface area contributed by atoms with E-state index < -0.39 is 17.7 Å². The molecule has 10 heteroatoms. The first-order chi connectivity index (χ1) is 19.0. The zero-order valence-electron chi connectivity index (χ0n) is 21.2. The van der Waals surface area contributed by atoms with E-state index >= 15 is 0 Å². The van der Waals surface area contributed by atoms with Crippen molar-refractivity contribution in [3.05, 3.63) is 77.4 Å². The number of aliphatic hydroxyl groups is 1. The lowest BCUT2D eigenvalue weighted by molar-refractivity contribution is -0.132. The number of nitrogens with zero attached hydrogens (tertiary/aromatic N) is 2. The summed E-state index contributed by atoms with van der Waals surface area (Å²) >= 11 is 1.26. The summed E-state index contributed by atoms with van der Waals surface area (Å²) < 4.78 is 23.1. The highest BCUT2D eigenvalue weighted by molar-refractivity contribution is 7.22. The number of methoxy groups -OCH3 is 1. The van der Waals surface area contributed by atoms with Crippen molar-refractivity contribution in [2.24, 2.45) is 0 Å². The first-order valence-corrected chi connectivity index (χ1v) is 13.2. The number of rotatable bonds is 6. The molecule has 39 heavy (non-hydrogen) atoms. The number of aromatic nitrogens is 1. The van der Waals surface area contributed by atoms with Crippen LogP contribution >= 0.6 is 11.3 Å². The third-order valence-corrected chi connectivity index (χ3v) is 7.55. The molecule has 3 heterocycles. The standard InChI is InChI=1S/C29H24N2O7S/c1-3-36-19-6-4-5-16(13-19)25-24(26(32)17-7-10-21-22(14-17)38-12-11-37-21)27(33)28(34)31(25)29-30-20-9-8-18(35-2)15-23(20)39-29/h4-10,13-15,25,32H,3,11-12H2,1-2H3/b26-24+/t25-/m0/s1. The third kappa shape index (κ3) is 4.32.